The molecule has 1 amide bonds. The number of hydrogen-bond acceptors (Lipinski definition) is 4. The van der Waals surface area contributed by atoms with Crippen molar-refractivity contribution in [1.82, 2.24) is 4.90 Å². The van der Waals surface area contributed by atoms with Crippen molar-refractivity contribution in [2.45, 2.75) is 39.3 Å². The number of rotatable bonds is 7. The number of fused-ring (bicyclic) bond motifs is 1. The predicted octanol–water partition coefficient (Wildman–Crippen LogP) is 5.39. The number of nitrogens with zero attached hydrogens (tertiary/aromatic N) is 1. The Bertz CT molecular complexity index is 1220. The molecule has 1 N–H and O–H groups in total. The van der Waals surface area contributed by atoms with Gasteiger partial charge in [0, 0.05) is 18.7 Å². The molecular formula is C28H29NO4. The highest BCUT2D eigenvalue weighted by Crippen LogP contribution is 2.41. The first-order valence-electron chi connectivity index (χ1n) is 11.3. The second kappa shape index (κ2) is 9.59. The predicted molar refractivity (Wildman–Crippen MR) is 130 cm³/mol. The number of hydrogen-bond donors (Lipinski definition) is 1. The van der Waals surface area contributed by atoms with E-state index in [1.807, 2.05) is 81.4 Å². The molecule has 0 spiro atoms. The number of Topliss-reactive ketones (excluding diaryl/α,β-unsaturated/α-hetero) is 1. The molecule has 1 aliphatic heterocycles. The molecule has 0 aliphatic carbocycles. The van der Waals surface area contributed by atoms with E-state index in [1.54, 1.807) is 11.0 Å². The van der Waals surface area contributed by atoms with Crippen LogP contribution in [-0.2, 0) is 14.3 Å². The molecular weight excluding hydrogens is 414 g/mol. The number of amides is 1. The minimum atomic E-state index is -0.654. The van der Waals surface area contributed by atoms with Crippen LogP contribution in [0.3, 0.4) is 0 Å². The minimum absolute atomic E-state index is 0.0962. The van der Waals surface area contributed by atoms with Crippen molar-refractivity contribution in [2.24, 2.45) is 0 Å². The zero-order valence-corrected chi connectivity index (χ0v) is 19.2. The van der Waals surface area contributed by atoms with Crippen LogP contribution in [0.15, 0.2) is 72.3 Å². The van der Waals surface area contributed by atoms with Crippen molar-refractivity contribution < 1.29 is 19.4 Å². The number of aliphatic hydroxyl groups is 1. The Morgan fingerprint density at radius 3 is 2.45 bits per heavy atom. The van der Waals surface area contributed by atoms with Crippen molar-refractivity contribution in [3.05, 3.63) is 89.0 Å². The molecule has 0 bridgehead atoms. The molecule has 5 nitrogen and oxygen atoms in total. The smallest absolute Gasteiger partial charge is 0.295 e. The molecule has 33 heavy (non-hydrogen) atoms. The number of benzene rings is 3. The van der Waals surface area contributed by atoms with E-state index in [0.717, 1.165) is 21.9 Å². The zero-order valence-electron chi connectivity index (χ0n) is 19.2. The van der Waals surface area contributed by atoms with Crippen LogP contribution < -0.4 is 0 Å². The van der Waals surface area contributed by atoms with Gasteiger partial charge < -0.3 is 14.7 Å². The lowest BCUT2D eigenvalue weighted by Crippen LogP contribution is -2.31. The molecule has 1 heterocycles. The number of aliphatic hydroxyl groups excluding tert-OH is 1. The van der Waals surface area contributed by atoms with Gasteiger partial charge in [-0.2, -0.15) is 0 Å². The van der Waals surface area contributed by atoms with Crippen molar-refractivity contribution in [2.75, 3.05) is 13.2 Å². The van der Waals surface area contributed by atoms with Gasteiger partial charge in [0.2, 0.25) is 0 Å². The molecule has 1 aliphatic rings. The highest BCUT2D eigenvalue weighted by molar-refractivity contribution is 6.46. The SMILES string of the molecule is Cc1ccccc1C1/C(=C(\O)c2cccc3ccccc23)C(=O)C(=O)N1CCCOC(C)C. The lowest BCUT2D eigenvalue weighted by Gasteiger charge is -2.26. The first-order valence-corrected chi connectivity index (χ1v) is 11.3. The summed E-state index contributed by atoms with van der Waals surface area (Å²) >= 11 is 0. The summed E-state index contributed by atoms with van der Waals surface area (Å²) in [6, 6.07) is 20.3. The third-order valence-electron chi connectivity index (χ3n) is 6.06. The molecule has 3 aromatic carbocycles. The molecule has 0 saturated carbocycles. The summed E-state index contributed by atoms with van der Waals surface area (Å²) in [5.41, 5.74) is 2.48. The van der Waals surface area contributed by atoms with E-state index in [2.05, 4.69) is 0 Å². The average Bonchev–Trinajstić information content (AvgIpc) is 3.06. The quantitative estimate of drug-likeness (QED) is 0.230. The van der Waals surface area contributed by atoms with E-state index in [9.17, 15) is 14.7 Å². The Kier molecular flexibility index (Phi) is 6.61. The second-order valence-corrected chi connectivity index (χ2v) is 8.65. The lowest BCUT2D eigenvalue weighted by molar-refractivity contribution is -0.140. The minimum Gasteiger partial charge on any atom is -0.507 e. The summed E-state index contributed by atoms with van der Waals surface area (Å²) < 4.78 is 5.64. The summed E-state index contributed by atoms with van der Waals surface area (Å²) in [4.78, 5) is 28.0. The number of ketones is 1. The van der Waals surface area contributed by atoms with E-state index in [4.69, 9.17) is 4.74 Å². The normalized spacial score (nSPS) is 17.9. The monoisotopic (exact) mass is 443 g/mol. The summed E-state index contributed by atoms with van der Waals surface area (Å²) in [6.07, 6.45) is 0.695. The highest BCUT2D eigenvalue weighted by atomic mass is 16.5. The Morgan fingerprint density at radius 1 is 1.00 bits per heavy atom. The third kappa shape index (κ3) is 4.41. The van der Waals surface area contributed by atoms with Gasteiger partial charge in [-0.3, -0.25) is 9.59 Å². The standard InChI is InChI=1S/C28H29NO4/c1-18(2)33-17-9-16-29-25(21-13-6-4-10-19(21)3)24(27(31)28(29)32)26(30)23-15-8-12-20-11-5-7-14-22(20)23/h4-8,10-15,18,25,30H,9,16-17H2,1-3H3/b26-24+. The van der Waals surface area contributed by atoms with Crippen molar-refractivity contribution in [3.63, 3.8) is 0 Å². The first-order chi connectivity index (χ1) is 15.9. The van der Waals surface area contributed by atoms with Crippen LogP contribution >= 0.6 is 0 Å². The Balaban J connectivity index is 1.83. The topological polar surface area (TPSA) is 66.8 Å². The Hall–Kier alpha value is -3.44. The van der Waals surface area contributed by atoms with Gasteiger partial charge in [0.1, 0.15) is 5.76 Å². The van der Waals surface area contributed by atoms with Crippen LogP contribution in [0.5, 0.6) is 0 Å². The maximum absolute atomic E-state index is 13.3. The molecule has 5 heteroatoms. The fourth-order valence-electron chi connectivity index (χ4n) is 4.46. The van der Waals surface area contributed by atoms with Crippen molar-refractivity contribution >= 4 is 28.2 Å². The summed E-state index contributed by atoms with van der Waals surface area (Å²) in [6.45, 7) is 6.73. The molecule has 4 rings (SSSR count). The van der Waals surface area contributed by atoms with E-state index in [-0.39, 0.29) is 17.4 Å². The molecule has 0 aromatic heterocycles. The van der Waals surface area contributed by atoms with Crippen LogP contribution in [0.25, 0.3) is 16.5 Å². The maximum Gasteiger partial charge on any atom is 0.295 e. The second-order valence-electron chi connectivity index (χ2n) is 8.65. The number of ether oxygens (including phenoxy) is 1. The molecule has 1 atom stereocenters. The lowest BCUT2D eigenvalue weighted by atomic mass is 9.91. The van der Waals surface area contributed by atoms with Crippen LogP contribution in [0.4, 0.5) is 0 Å². The number of carbonyl (C=O) groups is 2. The number of likely N-dealkylation sites (tertiary alicyclic amines) is 1. The van der Waals surface area contributed by atoms with Gasteiger partial charge in [-0.05, 0) is 49.1 Å². The average molecular weight is 444 g/mol. The van der Waals surface area contributed by atoms with E-state index in [0.29, 0.717) is 25.1 Å². The molecule has 0 radical (unpaired) electrons. The molecule has 3 aromatic rings. The maximum atomic E-state index is 13.3. The summed E-state index contributed by atoms with van der Waals surface area (Å²) in [5.74, 6) is -1.38. The van der Waals surface area contributed by atoms with Gasteiger partial charge in [-0.1, -0.05) is 66.7 Å². The van der Waals surface area contributed by atoms with Crippen molar-refractivity contribution in [3.8, 4) is 0 Å². The molecule has 1 fully saturated rings. The largest absolute Gasteiger partial charge is 0.507 e. The fraction of sp³-hybridized carbons (Fsp3) is 0.286. The summed E-state index contributed by atoms with van der Waals surface area (Å²) in [5, 5.41) is 13.2. The van der Waals surface area contributed by atoms with Gasteiger partial charge in [0.05, 0.1) is 17.7 Å². The molecule has 170 valence electrons. The third-order valence-corrected chi connectivity index (χ3v) is 6.06. The van der Waals surface area contributed by atoms with E-state index >= 15 is 0 Å². The van der Waals surface area contributed by atoms with Gasteiger partial charge in [-0.25, -0.2) is 0 Å². The number of aryl methyl sites for hydroxylation is 1. The van der Waals surface area contributed by atoms with E-state index in [1.165, 1.54) is 0 Å². The summed E-state index contributed by atoms with van der Waals surface area (Å²) in [7, 11) is 0. The Morgan fingerprint density at radius 2 is 1.70 bits per heavy atom. The van der Waals surface area contributed by atoms with Crippen molar-refractivity contribution in [1.29, 1.82) is 0 Å². The van der Waals surface area contributed by atoms with Crippen LogP contribution in [0.2, 0.25) is 0 Å². The number of carbonyl (C=O) groups excluding carboxylic acids is 2. The van der Waals surface area contributed by atoms with Gasteiger partial charge in [0.25, 0.3) is 11.7 Å². The van der Waals surface area contributed by atoms with Crippen LogP contribution in [0, 0.1) is 6.92 Å². The molecule has 1 unspecified atom stereocenters. The Labute approximate surface area is 194 Å². The zero-order chi connectivity index (χ0) is 23.5. The van der Waals surface area contributed by atoms with E-state index < -0.39 is 17.7 Å². The fourth-order valence-corrected chi connectivity index (χ4v) is 4.46. The van der Waals surface area contributed by atoms with Crippen LogP contribution in [0.1, 0.15) is 43.0 Å². The highest BCUT2D eigenvalue weighted by Gasteiger charge is 2.46. The van der Waals surface area contributed by atoms with Crippen LogP contribution in [-0.4, -0.2) is 41.0 Å². The van der Waals surface area contributed by atoms with Gasteiger partial charge in [0.15, 0.2) is 0 Å². The van der Waals surface area contributed by atoms with Gasteiger partial charge in [-0.15, -0.1) is 0 Å². The first kappa shape index (κ1) is 22.7. The molecule has 1 saturated heterocycles. The van der Waals surface area contributed by atoms with Gasteiger partial charge >= 0.3 is 0 Å².